The third-order valence-corrected chi connectivity index (χ3v) is 4.42. The van der Waals surface area contributed by atoms with Crippen LogP contribution in [0.15, 0.2) is 6.20 Å². The number of halogens is 1. The van der Waals surface area contributed by atoms with Crippen molar-refractivity contribution >= 4 is 22.9 Å². The number of nitrogens with zero attached hydrogens (tertiary/aromatic N) is 2. The predicted octanol–water partition coefficient (Wildman–Crippen LogP) is 3.27. The van der Waals surface area contributed by atoms with Crippen LogP contribution < -0.4 is 0 Å². The number of hydrogen-bond donors (Lipinski definition) is 0. The predicted molar refractivity (Wildman–Crippen MR) is 65.3 cm³/mol. The Morgan fingerprint density at radius 1 is 1.53 bits per heavy atom. The van der Waals surface area contributed by atoms with Crippen LogP contribution in [0, 0.1) is 11.8 Å². The molecule has 1 fully saturated rings. The Balaban J connectivity index is 1.90. The summed E-state index contributed by atoms with van der Waals surface area (Å²) in [6.07, 6.45) is 3.21. The highest BCUT2D eigenvalue weighted by atomic mass is 35.5. The molecule has 0 bridgehead atoms. The normalized spacial score (nSPS) is 28.2. The average Bonchev–Trinajstić information content (AvgIpc) is 2.58. The number of thiazole rings is 1. The van der Waals surface area contributed by atoms with Gasteiger partial charge >= 0.3 is 0 Å². The Labute approximate surface area is 100 Å². The van der Waals surface area contributed by atoms with E-state index in [1.807, 2.05) is 6.20 Å². The summed E-state index contributed by atoms with van der Waals surface area (Å²) in [6.45, 7) is 8.13. The molecular weight excluding hydrogens is 228 g/mol. The summed E-state index contributed by atoms with van der Waals surface area (Å²) in [5, 5.41) is 0. The van der Waals surface area contributed by atoms with Crippen molar-refractivity contribution in [1.82, 2.24) is 9.88 Å². The van der Waals surface area contributed by atoms with Gasteiger partial charge in [0.15, 0.2) is 4.47 Å². The molecule has 0 aromatic carbocycles. The zero-order chi connectivity index (χ0) is 10.8. The highest BCUT2D eigenvalue weighted by Gasteiger charge is 2.22. The van der Waals surface area contributed by atoms with Gasteiger partial charge in [0.2, 0.25) is 0 Å². The monoisotopic (exact) mass is 244 g/mol. The molecule has 2 unspecified atom stereocenters. The van der Waals surface area contributed by atoms with E-state index in [0.29, 0.717) is 4.47 Å². The first kappa shape index (κ1) is 11.4. The Hall–Kier alpha value is -0.120. The number of likely N-dealkylation sites (tertiary alicyclic amines) is 1. The second-order valence-corrected chi connectivity index (χ2v) is 6.26. The largest absolute Gasteiger partial charge is 0.298 e. The third-order valence-electron chi connectivity index (χ3n) is 3.32. The van der Waals surface area contributed by atoms with E-state index in [9.17, 15) is 0 Å². The summed E-state index contributed by atoms with van der Waals surface area (Å²) in [5.41, 5.74) is 0. The molecule has 0 radical (unpaired) electrons. The first-order valence-electron chi connectivity index (χ1n) is 5.47. The van der Waals surface area contributed by atoms with E-state index >= 15 is 0 Å². The Morgan fingerprint density at radius 3 is 2.93 bits per heavy atom. The molecule has 0 amide bonds. The van der Waals surface area contributed by atoms with Crippen LogP contribution in [-0.4, -0.2) is 23.0 Å². The number of aromatic nitrogens is 1. The Kier molecular flexibility index (Phi) is 3.65. The van der Waals surface area contributed by atoms with Gasteiger partial charge in [-0.15, -0.1) is 11.3 Å². The van der Waals surface area contributed by atoms with Crippen molar-refractivity contribution in [2.24, 2.45) is 11.8 Å². The van der Waals surface area contributed by atoms with Crippen molar-refractivity contribution in [3.8, 4) is 0 Å². The minimum atomic E-state index is 0.656. The molecule has 1 saturated heterocycles. The first-order valence-corrected chi connectivity index (χ1v) is 6.67. The molecular formula is C11H17ClN2S. The van der Waals surface area contributed by atoms with Crippen LogP contribution in [-0.2, 0) is 6.54 Å². The lowest BCUT2D eigenvalue weighted by Gasteiger charge is -2.34. The van der Waals surface area contributed by atoms with Crippen LogP contribution in [0.4, 0.5) is 0 Å². The van der Waals surface area contributed by atoms with Crippen molar-refractivity contribution in [2.75, 3.05) is 13.1 Å². The fraction of sp³-hybridized carbons (Fsp3) is 0.727. The van der Waals surface area contributed by atoms with E-state index in [2.05, 4.69) is 23.7 Å². The van der Waals surface area contributed by atoms with E-state index < -0.39 is 0 Å². The van der Waals surface area contributed by atoms with E-state index in [-0.39, 0.29) is 0 Å². The lowest BCUT2D eigenvalue weighted by Crippen LogP contribution is -2.37. The minimum Gasteiger partial charge on any atom is -0.298 e. The van der Waals surface area contributed by atoms with Crippen molar-refractivity contribution < 1.29 is 0 Å². The van der Waals surface area contributed by atoms with Gasteiger partial charge < -0.3 is 0 Å². The summed E-state index contributed by atoms with van der Waals surface area (Å²) in [6, 6.07) is 0. The molecule has 2 atom stereocenters. The highest BCUT2D eigenvalue weighted by Crippen LogP contribution is 2.25. The second-order valence-electron chi connectivity index (χ2n) is 4.56. The van der Waals surface area contributed by atoms with Crippen molar-refractivity contribution in [3.05, 3.63) is 15.5 Å². The van der Waals surface area contributed by atoms with Gasteiger partial charge in [0.1, 0.15) is 0 Å². The second kappa shape index (κ2) is 4.81. The fourth-order valence-electron chi connectivity index (χ4n) is 2.07. The molecule has 0 N–H and O–H groups in total. The highest BCUT2D eigenvalue weighted by molar-refractivity contribution is 7.15. The molecule has 2 rings (SSSR count). The van der Waals surface area contributed by atoms with Gasteiger partial charge in [-0.3, -0.25) is 4.90 Å². The topological polar surface area (TPSA) is 16.1 Å². The fourth-order valence-corrected chi connectivity index (χ4v) is 3.09. The molecule has 0 aliphatic carbocycles. The first-order chi connectivity index (χ1) is 7.15. The zero-order valence-electron chi connectivity index (χ0n) is 9.24. The smallest absolute Gasteiger partial charge is 0.183 e. The molecule has 0 spiro atoms. The lowest BCUT2D eigenvalue weighted by atomic mass is 9.89. The molecule has 1 aromatic rings. The van der Waals surface area contributed by atoms with Crippen LogP contribution in [0.5, 0.6) is 0 Å². The Morgan fingerprint density at radius 2 is 2.33 bits per heavy atom. The molecule has 84 valence electrons. The minimum absolute atomic E-state index is 0.656. The van der Waals surface area contributed by atoms with Crippen LogP contribution in [0.2, 0.25) is 4.47 Å². The van der Waals surface area contributed by atoms with Crippen LogP contribution >= 0.6 is 22.9 Å². The molecule has 4 heteroatoms. The summed E-state index contributed by atoms with van der Waals surface area (Å²) in [5.74, 6) is 1.67. The molecule has 1 aliphatic rings. The van der Waals surface area contributed by atoms with Crippen LogP contribution in [0.1, 0.15) is 25.1 Å². The average molecular weight is 245 g/mol. The summed E-state index contributed by atoms with van der Waals surface area (Å²) in [7, 11) is 0. The van der Waals surface area contributed by atoms with Crippen molar-refractivity contribution in [3.63, 3.8) is 0 Å². The van der Waals surface area contributed by atoms with Crippen LogP contribution in [0.3, 0.4) is 0 Å². The molecule has 1 aromatic heterocycles. The number of piperidine rings is 1. The lowest BCUT2D eigenvalue weighted by molar-refractivity contribution is 0.133. The maximum absolute atomic E-state index is 5.82. The summed E-state index contributed by atoms with van der Waals surface area (Å²) >= 11 is 7.41. The van der Waals surface area contributed by atoms with E-state index in [1.54, 1.807) is 11.3 Å². The zero-order valence-corrected chi connectivity index (χ0v) is 10.8. The maximum Gasteiger partial charge on any atom is 0.183 e. The quantitative estimate of drug-likeness (QED) is 0.794. The maximum atomic E-state index is 5.82. The van der Waals surface area contributed by atoms with Gasteiger partial charge in [-0.25, -0.2) is 4.98 Å². The molecule has 0 saturated carbocycles. The molecule has 2 nitrogen and oxygen atoms in total. The molecule has 2 heterocycles. The van der Waals surface area contributed by atoms with Crippen LogP contribution in [0.25, 0.3) is 0 Å². The Bertz CT molecular complexity index is 326. The van der Waals surface area contributed by atoms with Gasteiger partial charge in [0.05, 0.1) is 0 Å². The summed E-state index contributed by atoms with van der Waals surface area (Å²) in [4.78, 5) is 7.86. The van der Waals surface area contributed by atoms with Gasteiger partial charge in [-0.05, 0) is 24.8 Å². The van der Waals surface area contributed by atoms with E-state index in [4.69, 9.17) is 11.6 Å². The van der Waals surface area contributed by atoms with Gasteiger partial charge in [0.25, 0.3) is 0 Å². The summed E-state index contributed by atoms with van der Waals surface area (Å²) < 4.78 is 0.656. The van der Waals surface area contributed by atoms with E-state index in [0.717, 1.165) is 18.4 Å². The van der Waals surface area contributed by atoms with Crippen molar-refractivity contribution in [1.29, 1.82) is 0 Å². The molecule has 1 aliphatic heterocycles. The number of rotatable bonds is 2. The van der Waals surface area contributed by atoms with Gasteiger partial charge in [0, 0.05) is 24.2 Å². The van der Waals surface area contributed by atoms with Crippen molar-refractivity contribution in [2.45, 2.75) is 26.8 Å². The standard InChI is InChI=1S/C11H17ClN2S/c1-8-3-4-14(6-9(8)2)7-10-5-13-11(12)15-10/h5,8-9H,3-4,6-7H2,1-2H3. The van der Waals surface area contributed by atoms with E-state index in [1.165, 1.54) is 24.4 Å². The number of hydrogen-bond acceptors (Lipinski definition) is 3. The van der Waals surface area contributed by atoms with Gasteiger partial charge in [-0.1, -0.05) is 25.4 Å². The molecule has 15 heavy (non-hydrogen) atoms. The van der Waals surface area contributed by atoms with Gasteiger partial charge in [-0.2, -0.15) is 0 Å². The third kappa shape index (κ3) is 2.92. The SMILES string of the molecule is CC1CCN(Cc2cnc(Cl)s2)CC1C.